The van der Waals surface area contributed by atoms with Crippen molar-refractivity contribution < 1.29 is 18.7 Å². The molecule has 3 aliphatic rings. The zero-order chi connectivity index (χ0) is 18.9. The molecule has 6 heteroatoms. The molecule has 0 bridgehead atoms. The molecule has 0 N–H and O–H groups in total. The summed E-state index contributed by atoms with van der Waals surface area (Å²) < 4.78 is 17.2. The van der Waals surface area contributed by atoms with Gasteiger partial charge in [-0.15, -0.1) is 0 Å². The van der Waals surface area contributed by atoms with Crippen LogP contribution < -0.4 is 20.0 Å². The van der Waals surface area contributed by atoms with E-state index < -0.39 is 5.41 Å². The molecule has 1 atom stereocenters. The van der Waals surface area contributed by atoms with Gasteiger partial charge in [0, 0.05) is 29.4 Å². The Morgan fingerprint density at radius 2 is 1.93 bits per heavy atom. The lowest BCUT2D eigenvalue weighted by Gasteiger charge is -2.23. The minimum absolute atomic E-state index is 0.00119. The fourth-order valence-electron chi connectivity index (χ4n) is 4.64. The highest BCUT2D eigenvalue weighted by Gasteiger charge is 2.57. The van der Waals surface area contributed by atoms with Crippen molar-refractivity contribution in [2.75, 3.05) is 18.1 Å². The molecule has 2 radical (unpaired) electrons. The largest absolute Gasteiger partial charge is 0.493 e. The fourth-order valence-corrected chi connectivity index (χ4v) is 4.64. The molecule has 4 heterocycles. The van der Waals surface area contributed by atoms with Gasteiger partial charge < -0.3 is 18.8 Å². The van der Waals surface area contributed by atoms with E-state index in [0.717, 1.165) is 40.3 Å². The quantitative estimate of drug-likeness (QED) is 0.651. The first-order valence-electron chi connectivity index (χ1n) is 9.35. The first-order chi connectivity index (χ1) is 13.7. The highest BCUT2D eigenvalue weighted by atomic mass is 16.5. The van der Waals surface area contributed by atoms with Crippen molar-refractivity contribution in [1.29, 1.82) is 0 Å². The first kappa shape index (κ1) is 15.9. The minimum Gasteiger partial charge on any atom is -0.493 e. The SMILES string of the molecule is [B]c1ccc(CN2C(=O)C3(COc4cc5c(cc43)CCO5)c3ccccc32)o1. The number of amides is 1. The number of carbonyl (C=O) groups is 1. The summed E-state index contributed by atoms with van der Waals surface area (Å²) in [5.41, 5.74) is 3.42. The van der Waals surface area contributed by atoms with Crippen LogP contribution in [-0.2, 0) is 23.2 Å². The molecule has 28 heavy (non-hydrogen) atoms. The molecule has 1 unspecified atom stereocenters. The number of benzene rings is 2. The van der Waals surface area contributed by atoms with Crippen molar-refractivity contribution >= 4 is 25.1 Å². The van der Waals surface area contributed by atoms with E-state index in [4.69, 9.17) is 21.7 Å². The van der Waals surface area contributed by atoms with E-state index in [1.807, 2.05) is 30.3 Å². The Morgan fingerprint density at radius 1 is 1.04 bits per heavy atom. The number of nitrogens with zero attached hydrogens (tertiary/aromatic N) is 1. The van der Waals surface area contributed by atoms with E-state index in [-0.39, 0.29) is 12.5 Å². The van der Waals surface area contributed by atoms with E-state index in [0.29, 0.717) is 24.6 Å². The predicted molar refractivity (Wildman–Crippen MR) is 104 cm³/mol. The van der Waals surface area contributed by atoms with Gasteiger partial charge in [-0.1, -0.05) is 18.2 Å². The van der Waals surface area contributed by atoms with Crippen LogP contribution in [0.4, 0.5) is 5.69 Å². The van der Waals surface area contributed by atoms with Crippen molar-refractivity contribution in [2.45, 2.75) is 18.4 Å². The van der Waals surface area contributed by atoms with Crippen LogP contribution in [0.15, 0.2) is 52.9 Å². The Bertz CT molecular complexity index is 1140. The topological polar surface area (TPSA) is 51.9 Å². The van der Waals surface area contributed by atoms with Gasteiger partial charge in [0.2, 0.25) is 5.91 Å². The summed E-state index contributed by atoms with van der Waals surface area (Å²) in [6.45, 7) is 1.29. The Morgan fingerprint density at radius 3 is 2.79 bits per heavy atom. The molecule has 1 aromatic heterocycles. The Hall–Kier alpha value is -3.15. The number of hydrogen-bond acceptors (Lipinski definition) is 4. The van der Waals surface area contributed by atoms with E-state index in [1.54, 1.807) is 17.0 Å². The second-order valence-corrected chi connectivity index (χ2v) is 7.46. The molecule has 0 fully saturated rings. The molecule has 136 valence electrons. The number of hydrogen-bond donors (Lipinski definition) is 0. The normalized spacial score (nSPS) is 21.4. The number of furan rings is 1. The maximum atomic E-state index is 13.8. The highest BCUT2D eigenvalue weighted by Crippen LogP contribution is 2.54. The van der Waals surface area contributed by atoms with Gasteiger partial charge in [-0.2, -0.15) is 0 Å². The van der Waals surface area contributed by atoms with Crippen molar-refractivity contribution in [3.8, 4) is 11.5 Å². The molecule has 6 rings (SSSR count). The second-order valence-electron chi connectivity index (χ2n) is 7.46. The summed E-state index contributed by atoms with van der Waals surface area (Å²) in [6, 6.07) is 15.4. The van der Waals surface area contributed by atoms with Gasteiger partial charge in [0.25, 0.3) is 0 Å². The first-order valence-corrected chi connectivity index (χ1v) is 9.35. The molecule has 0 saturated heterocycles. The van der Waals surface area contributed by atoms with Crippen LogP contribution in [0.3, 0.4) is 0 Å². The molecule has 3 aliphatic heterocycles. The van der Waals surface area contributed by atoms with E-state index >= 15 is 0 Å². The zero-order valence-corrected chi connectivity index (χ0v) is 15.1. The smallest absolute Gasteiger partial charge is 0.246 e. The highest BCUT2D eigenvalue weighted by molar-refractivity contribution is 6.29. The molecule has 1 spiro atoms. The zero-order valence-electron chi connectivity index (χ0n) is 15.1. The summed E-state index contributed by atoms with van der Waals surface area (Å²) >= 11 is 0. The molecular formula is C22H16BNO4. The van der Waals surface area contributed by atoms with Crippen LogP contribution >= 0.6 is 0 Å². The maximum Gasteiger partial charge on any atom is 0.246 e. The number of anilines is 1. The molecule has 1 amide bonds. The number of rotatable bonds is 2. The minimum atomic E-state index is -0.832. The second kappa shape index (κ2) is 5.44. The van der Waals surface area contributed by atoms with Gasteiger partial charge in [-0.05, 0) is 35.4 Å². The Labute approximate surface area is 163 Å². The maximum absolute atomic E-state index is 13.8. The van der Waals surface area contributed by atoms with E-state index in [9.17, 15) is 4.79 Å². The standard InChI is InChI=1S/C22H16BNO4/c23-20-6-5-14(28-20)11-24-17-4-2-1-3-15(17)22(21(24)25)12-27-19-10-18-13(7-8-26-18)9-16(19)22/h1-6,9-10H,7-8,11-12H2. The summed E-state index contributed by atoms with van der Waals surface area (Å²) in [5, 5.41) is 0. The van der Waals surface area contributed by atoms with Crippen LogP contribution in [0.2, 0.25) is 0 Å². The van der Waals surface area contributed by atoms with Gasteiger partial charge >= 0.3 is 0 Å². The number of para-hydroxylation sites is 1. The predicted octanol–water partition coefficient (Wildman–Crippen LogP) is 2.23. The molecule has 3 aromatic rings. The molecule has 5 nitrogen and oxygen atoms in total. The van der Waals surface area contributed by atoms with Crippen LogP contribution in [0.1, 0.15) is 22.5 Å². The third kappa shape index (κ3) is 1.95. The average molecular weight is 369 g/mol. The Kier molecular flexibility index (Phi) is 3.08. The van der Waals surface area contributed by atoms with Gasteiger partial charge in [-0.3, -0.25) is 4.79 Å². The van der Waals surface area contributed by atoms with E-state index in [1.165, 1.54) is 0 Å². The average Bonchev–Trinajstić information content (AvgIpc) is 3.45. The lowest BCUT2D eigenvalue weighted by molar-refractivity contribution is -0.122. The fraction of sp³-hybridized carbons (Fsp3) is 0.227. The van der Waals surface area contributed by atoms with Gasteiger partial charge in [0.05, 0.1) is 13.2 Å². The Balaban J connectivity index is 1.51. The van der Waals surface area contributed by atoms with Gasteiger partial charge in [0.15, 0.2) is 7.85 Å². The molecule has 0 aliphatic carbocycles. The van der Waals surface area contributed by atoms with Gasteiger partial charge in [0.1, 0.15) is 29.3 Å². The molecule has 2 aromatic carbocycles. The van der Waals surface area contributed by atoms with E-state index in [2.05, 4.69) is 6.07 Å². The lowest BCUT2D eigenvalue weighted by atomic mass is 9.76. The summed E-state index contributed by atoms with van der Waals surface area (Å²) in [6.07, 6.45) is 0.851. The number of carbonyl (C=O) groups excluding carboxylic acids is 1. The molecule has 0 saturated carbocycles. The monoisotopic (exact) mass is 369 g/mol. The molecular weight excluding hydrogens is 353 g/mol. The summed E-state index contributed by atoms with van der Waals surface area (Å²) in [5.74, 6) is 2.24. The third-order valence-electron chi connectivity index (χ3n) is 5.96. The van der Waals surface area contributed by atoms with Crippen LogP contribution in [0.25, 0.3) is 0 Å². The van der Waals surface area contributed by atoms with Crippen molar-refractivity contribution in [3.63, 3.8) is 0 Å². The summed E-state index contributed by atoms with van der Waals surface area (Å²) in [4.78, 5) is 15.6. The lowest BCUT2D eigenvalue weighted by Crippen LogP contribution is -2.42. The van der Waals surface area contributed by atoms with Crippen LogP contribution in [0.5, 0.6) is 11.5 Å². The third-order valence-corrected chi connectivity index (χ3v) is 5.96. The number of fused-ring (bicyclic) bond motifs is 5. The number of ether oxygens (including phenoxy) is 2. The van der Waals surface area contributed by atoms with Crippen molar-refractivity contribution in [1.82, 2.24) is 0 Å². The van der Waals surface area contributed by atoms with Crippen molar-refractivity contribution in [2.24, 2.45) is 0 Å². The van der Waals surface area contributed by atoms with Crippen LogP contribution in [-0.4, -0.2) is 27.0 Å². The van der Waals surface area contributed by atoms with Gasteiger partial charge in [-0.25, -0.2) is 0 Å². The van der Waals surface area contributed by atoms with Crippen molar-refractivity contribution in [3.05, 3.63) is 71.0 Å². The van der Waals surface area contributed by atoms with Crippen LogP contribution in [0, 0.1) is 0 Å². The summed E-state index contributed by atoms with van der Waals surface area (Å²) in [7, 11) is 5.71.